The van der Waals surface area contributed by atoms with Crippen LogP contribution in [0.3, 0.4) is 0 Å². The third kappa shape index (κ3) is 1.99. The van der Waals surface area contributed by atoms with E-state index < -0.39 is 5.92 Å². The fourth-order valence-corrected chi connectivity index (χ4v) is 2.23. The second-order valence-corrected chi connectivity index (χ2v) is 4.19. The molecule has 0 saturated carbocycles. The number of nitrogens with one attached hydrogen (secondary N) is 1. The Balaban J connectivity index is 2.26. The van der Waals surface area contributed by atoms with Gasteiger partial charge in [0, 0.05) is 6.92 Å². The van der Waals surface area contributed by atoms with Gasteiger partial charge < -0.3 is 0 Å². The molecule has 0 spiro atoms. The van der Waals surface area contributed by atoms with Crippen molar-refractivity contribution in [3.8, 4) is 0 Å². The number of amides is 2. The zero-order chi connectivity index (χ0) is 12.4. The number of nitrogens with zero attached hydrogens (tertiary/aromatic N) is 1. The molecule has 17 heavy (non-hydrogen) atoms. The molecular weight excluding hydrogens is 240 g/mol. The van der Waals surface area contributed by atoms with Crippen LogP contribution in [0.4, 0.5) is 0 Å². The molecule has 2 rings (SSSR count). The Hall–Kier alpha value is -1.95. The van der Waals surface area contributed by atoms with Gasteiger partial charge in [0.2, 0.25) is 5.91 Å². The summed E-state index contributed by atoms with van der Waals surface area (Å²) < 4.78 is 11.0. The lowest BCUT2D eigenvalue weighted by atomic mass is 9.92. The van der Waals surface area contributed by atoms with Crippen LogP contribution in [0.1, 0.15) is 18.4 Å². The molecule has 1 aromatic rings. The maximum Gasteiger partial charge on any atom is 0.260 e. The van der Waals surface area contributed by atoms with Crippen molar-refractivity contribution in [3.05, 3.63) is 35.9 Å². The molecule has 1 aliphatic rings. The monoisotopic (exact) mass is 250 g/mol. The highest BCUT2D eigenvalue weighted by molar-refractivity contribution is 7.67. The van der Waals surface area contributed by atoms with E-state index in [-0.39, 0.29) is 23.1 Å². The molecule has 0 bridgehead atoms. The van der Waals surface area contributed by atoms with Gasteiger partial charge in [0.05, 0.1) is 0 Å². The average Bonchev–Trinajstić information content (AvgIpc) is 2.33. The van der Waals surface area contributed by atoms with Crippen LogP contribution >= 0.6 is 0 Å². The minimum absolute atomic E-state index is 0.225. The number of carbonyl (C=O) groups excluding carboxylic acids is 2. The van der Waals surface area contributed by atoms with E-state index >= 15 is 0 Å². The lowest BCUT2D eigenvalue weighted by Gasteiger charge is -2.37. The molecule has 5 nitrogen and oxygen atoms in total. The first kappa shape index (κ1) is 11.5. The van der Waals surface area contributed by atoms with Crippen molar-refractivity contribution in [2.75, 3.05) is 0 Å². The van der Waals surface area contributed by atoms with E-state index in [2.05, 4.69) is 5.43 Å². The van der Waals surface area contributed by atoms with Crippen molar-refractivity contribution in [3.63, 3.8) is 0 Å². The Morgan fingerprint density at radius 1 is 1.35 bits per heavy atom. The van der Waals surface area contributed by atoms with Crippen LogP contribution in [-0.4, -0.2) is 26.0 Å². The normalized spacial score (nSPS) is 18.6. The van der Waals surface area contributed by atoms with Crippen LogP contribution < -0.4 is 5.43 Å². The predicted molar refractivity (Wildman–Crippen MR) is 63.0 cm³/mol. The summed E-state index contributed by atoms with van der Waals surface area (Å²) in [6.07, 6.45) is 0. The average molecular weight is 250 g/mol. The van der Waals surface area contributed by atoms with E-state index in [9.17, 15) is 13.8 Å². The number of β-lactam (4-membered cyclic amide) rings is 1. The number of benzene rings is 1. The van der Waals surface area contributed by atoms with Gasteiger partial charge in [0.15, 0.2) is 4.99 Å². The third-order valence-corrected chi connectivity index (χ3v) is 3.01. The van der Waals surface area contributed by atoms with Gasteiger partial charge in [0.25, 0.3) is 5.91 Å². The Kier molecular flexibility index (Phi) is 3.06. The molecule has 2 amide bonds. The van der Waals surface area contributed by atoms with Crippen molar-refractivity contribution in [2.24, 2.45) is 0 Å². The lowest BCUT2D eigenvalue weighted by molar-refractivity contribution is -0.139. The van der Waals surface area contributed by atoms with Crippen LogP contribution in [0.5, 0.6) is 0 Å². The molecule has 1 saturated heterocycles. The molecule has 1 aromatic carbocycles. The van der Waals surface area contributed by atoms with Gasteiger partial charge >= 0.3 is 0 Å². The number of carbonyl (C=O) groups is 2. The SMILES string of the molecule is CC(=O)NN1C(=O)C(c2ccccc2)C1=S=O. The van der Waals surface area contributed by atoms with Crippen LogP contribution in [0, 0.1) is 0 Å². The highest BCUT2D eigenvalue weighted by Crippen LogP contribution is 2.28. The number of hydrogen-bond acceptors (Lipinski definition) is 3. The van der Waals surface area contributed by atoms with Crippen molar-refractivity contribution in [2.45, 2.75) is 12.8 Å². The van der Waals surface area contributed by atoms with Crippen molar-refractivity contribution in [1.29, 1.82) is 0 Å². The highest BCUT2D eigenvalue weighted by atomic mass is 32.1. The first-order valence-electron chi connectivity index (χ1n) is 4.98. The molecule has 1 unspecified atom stereocenters. The van der Waals surface area contributed by atoms with Crippen LogP contribution in [0.25, 0.3) is 0 Å². The summed E-state index contributed by atoms with van der Waals surface area (Å²) in [6.45, 7) is 1.29. The summed E-state index contributed by atoms with van der Waals surface area (Å²) in [5, 5.41) is 1.01. The Bertz CT molecular complexity index is 523. The molecule has 1 atom stereocenters. The zero-order valence-corrected chi connectivity index (χ0v) is 9.86. The standard InChI is InChI=1S/C11H10N2O3S/c1-7(14)12-13-10(15)9(11(13)17-16)8-5-3-2-4-6-8/h2-6,9H,1H3,(H,12,14). The molecule has 0 aromatic heterocycles. The van der Waals surface area contributed by atoms with E-state index in [4.69, 9.17) is 0 Å². The van der Waals surface area contributed by atoms with Gasteiger partial charge in [0.1, 0.15) is 17.2 Å². The number of rotatable bonds is 2. The Morgan fingerprint density at radius 2 is 2.00 bits per heavy atom. The van der Waals surface area contributed by atoms with Gasteiger partial charge in [-0.3, -0.25) is 15.0 Å². The quantitative estimate of drug-likeness (QED) is 0.594. The maximum atomic E-state index is 11.8. The molecule has 1 N–H and O–H groups in total. The van der Waals surface area contributed by atoms with Gasteiger partial charge in [-0.1, -0.05) is 30.3 Å². The van der Waals surface area contributed by atoms with Crippen LogP contribution in [-0.2, 0) is 20.8 Å². The summed E-state index contributed by atoms with van der Waals surface area (Å²) in [5.41, 5.74) is 3.08. The predicted octanol–water partition coefficient (Wildman–Crippen LogP) is 0.00640. The molecule has 0 aliphatic carbocycles. The minimum Gasteiger partial charge on any atom is -0.274 e. The second-order valence-electron chi connectivity index (χ2n) is 3.61. The maximum absolute atomic E-state index is 11.8. The largest absolute Gasteiger partial charge is 0.274 e. The van der Waals surface area contributed by atoms with Crippen molar-refractivity contribution in [1.82, 2.24) is 10.4 Å². The summed E-state index contributed by atoms with van der Waals surface area (Å²) in [5.74, 6) is -1.22. The first-order chi connectivity index (χ1) is 8.15. The summed E-state index contributed by atoms with van der Waals surface area (Å²) in [7, 11) is 0. The van der Waals surface area contributed by atoms with Crippen LogP contribution in [0.2, 0.25) is 0 Å². The Morgan fingerprint density at radius 3 is 2.53 bits per heavy atom. The fourth-order valence-electron chi connectivity index (χ4n) is 1.69. The van der Waals surface area contributed by atoms with Crippen LogP contribution in [0.15, 0.2) is 30.3 Å². The van der Waals surface area contributed by atoms with Gasteiger partial charge in [-0.2, -0.15) is 0 Å². The topological polar surface area (TPSA) is 66.5 Å². The summed E-state index contributed by atoms with van der Waals surface area (Å²) >= 11 is 0.225. The van der Waals surface area contributed by atoms with E-state index in [1.54, 1.807) is 24.3 Å². The number of hydrogen-bond donors (Lipinski definition) is 1. The lowest BCUT2D eigenvalue weighted by Crippen LogP contribution is -2.63. The molecule has 0 radical (unpaired) electrons. The summed E-state index contributed by atoms with van der Waals surface area (Å²) in [6, 6.07) is 9.00. The van der Waals surface area contributed by atoms with E-state index in [1.807, 2.05) is 6.07 Å². The molecule has 88 valence electrons. The second kappa shape index (κ2) is 4.50. The van der Waals surface area contributed by atoms with E-state index in [0.717, 1.165) is 10.6 Å². The van der Waals surface area contributed by atoms with Gasteiger partial charge in [-0.15, -0.1) is 0 Å². The Labute approximate surface area is 101 Å². The first-order valence-corrected chi connectivity index (χ1v) is 5.72. The summed E-state index contributed by atoms with van der Waals surface area (Å²) in [4.78, 5) is 23.0. The van der Waals surface area contributed by atoms with Crippen molar-refractivity contribution < 1.29 is 13.8 Å². The van der Waals surface area contributed by atoms with Gasteiger partial charge in [-0.05, 0) is 5.56 Å². The van der Waals surface area contributed by atoms with Crippen molar-refractivity contribution >= 4 is 28.1 Å². The molecule has 1 aliphatic heterocycles. The molecule has 6 heteroatoms. The fraction of sp³-hybridized carbons (Fsp3) is 0.182. The molecular formula is C11H10N2O3S. The van der Waals surface area contributed by atoms with Gasteiger partial charge in [-0.25, -0.2) is 9.22 Å². The minimum atomic E-state index is -0.550. The third-order valence-electron chi connectivity index (χ3n) is 2.42. The molecule has 1 heterocycles. The van der Waals surface area contributed by atoms with E-state index in [0.29, 0.717) is 4.99 Å². The van der Waals surface area contributed by atoms with E-state index in [1.165, 1.54) is 6.92 Å². The highest BCUT2D eigenvalue weighted by Gasteiger charge is 2.45. The molecule has 1 fully saturated rings. The zero-order valence-electron chi connectivity index (χ0n) is 9.04. The smallest absolute Gasteiger partial charge is 0.260 e. The number of hydrazine groups is 1.